The van der Waals surface area contributed by atoms with Gasteiger partial charge >= 0.3 is 0 Å². The van der Waals surface area contributed by atoms with Gasteiger partial charge in [-0.3, -0.25) is 4.79 Å². The zero-order chi connectivity index (χ0) is 23.5. The van der Waals surface area contributed by atoms with Gasteiger partial charge in [-0.2, -0.15) is 0 Å². The van der Waals surface area contributed by atoms with Gasteiger partial charge in [0.05, 0.1) is 12.3 Å². The predicted molar refractivity (Wildman–Crippen MR) is 130 cm³/mol. The first-order valence-corrected chi connectivity index (χ1v) is 12.2. The zero-order valence-electron chi connectivity index (χ0n) is 19.0. The van der Waals surface area contributed by atoms with Crippen molar-refractivity contribution in [2.24, 2.45) is 17.6 Å². The number of primary amides is 1. The number of nitrogens with zero attached hydrogens (tertiary/aromatic N) is 1. The summed E-state index contributed by atoms with van der Waals surface area (Å²) in [5.41, 5.74) is 9.37. The van der Waals surface area contributed by atoms with Crippen molar-refractivity contribution in [3.05, 3.63) is 58.1 Å². The second-order valence-electron chi connectivity index (χ2n) is 9.37. The van der Waals surface area contributed by atoms with E-state index in [1.807, 2.05) is 18.2 Å². The molecule has 4 rings (SSSR count). The summed E-state index contributed by atoms with van der Waals surface area (Å²) in [6.07, 6.45) is 3.14. The molecule has 2 aromatic carbocycles. The van der Waals surface area contributed by atoms with Crippen LogP contribution < -0.4 is 15.4 Å². The molecular formula is C26H33ClN2O4. The van der Waals surface area contributed by atoms with Crippen LogP contribution in [0.2, 0.25) is 5.02 Å². The predicted octanol–water partition coefficient (Wildman–Crippen LogP) is 4.10. The number of rotatable bonds is 8. The highest BCUT2D eigenvalue weighted by Gasteiger charge is 2.35. The molecule has 7 heteroatoms. The average molecular weight is 473 g/mol. The van der Waals surface area contributed by atoms with Crippen LogP contribution in [0.4, 0.5) is 5.69 Å². The number of aliphatic hydroxyl groups excluding tert-OH is 1. The standard InChI is InChI=1S/C26H33ClN2O4/c1-2-3-17-10-21(27)7-8-22(17)20-14-29(13-19-5-4-16(19)12-25(30)31)23-11-18(26(28)32)6-9-24(23)33-15-20/h6-11,16,19-20,25,30-31H,2-5,12-15H2,1H3,(H2,28,32). The summed E-state index contributed by atoms with van der Waals surface area (Å²) in [6.45, 7) is 4.19. The first-order valence-electron chi connectivity index (χ1n) is 11.8. The molecular weight excluding hydrogens is 440 g/mol. The van der Waals surface area contributed by atoms with E-state index in [0.29, 0.717) is 24.5 Å². The summed E-state index contributed by atoms with van der Waals surface area (Å²) in [4.78, 5) is 14.2. The van der Waals surface area contributed by atoms with Crippen LogP contribution in [0.5, 0.6) is 5.75 Å². The molecule has 178 valence electrons. The molecule has 2 aromatic rings. The van der Waals surface area contributed by atoms with Crippen molar-refractivity contribution < 1.29 is 19.7 Å². The monoisotopic (exact) mass is 472 g/mol. The van der Waals surface area contributed by atoms with Crippen LogP contribution in [-0.4, -0.2) is 42.1 Å². The van der Waals surface area contributed by atoms with Crippen LogP contribution in [0.15, 0.2) is 36.4 Å². The molecule has 1 aliphatic heterocycles. The van der Waals surface area contributed by atoms with Gasteiger partial charge in [0, 0.05) is 36.0 Å². The van der Waals surface area contributed by atoms with Crippen molar-refractivity contribution in [1.82, 2.24) is 0 Å². The first-order chi connectivity index (χ1) is 15.9. The number of hydrogen-bond donors (Lipinski definition) is 3. The van der Waals surface area contributed by atoms with E-state index >= 15 is 0 Å². The Bertz CT molecular complexity index is 996. The number of ether oxygens (including phenoxy) is 1. The van der Waals surface area contributed by atoms with Crippen molar-refractivity contribution in [3.63, 3.8) is 0 Å². The molecule has 4 N–H and O–H groups in total. The van der Waals surface area contributed by atoms with E-state index in [-0.39, 0.29) is 11.8 Å². The van der Waals surface area contributed by atoms with Gasteiger partial charge in [-0.15, -0.1) is 0 Å². The third-order valence-corrected chi connectivity index (χ3v) is 7.31. The van der Waals surface area contributed by atoms with E-state index in [9.17, 15) is 15.0 Å². The molecule has 0 spiro atoms. The SMILES string of the molecule is CCCc1cc(Cl)ccc1C1COc2ccc(C(N)=O)cc2N(CC2CCC2CC(O)O)C1. The topological polar surface area (TPSA) is 96.0 Å². The summed E-state index contributed by atoms with van der Waals surface area (Å²) in [5, 5.41) is 19.7. The summed E-state index contributed by atoms with van der Waals surface area (Å²) >= 11 is 6.30. The number of fused-ring (bicyclic) bond motifs is 1. The third kappa shape index (κ3) is 5.45. The normalized spacial score (nSPS) is 22.3. The molecule has 3 unspecified atom stereocenters. The Morgan fingerprint density at radius 3 is 2.67 bits per heavy atom. The van der Waals surface area contributed by atoms with Crippen molar-refractivity contribution in [2.75, 3.05) is 24.6 Å². The third-order valence-electron chi connectivity index (χ3n) is 7.07. The van der Waals surface area contributed by atoms with Crippen LogP contribution in [0, 0.1) is 11.8 Å². The molecule has 1 fully saturated rings. The molecule has 1 aliphatic carbocycles. The number of halogens is 1. The number of aliphatic hydroxyl groups is 2. The number of amides is 1. The summed E-state index contributed by atoms with van der Waals surface area (Å²) in [7, 11) is 0. The largest absolute Gasteiger partial charge is 0.491 e. The van der Waals surface area contributed by atoms with Crippen molar-refractivity contribution >= 4 is 23.2 Å². The molecule has 33 heavy (non-hydrogen) atoms. The molecule has 0 saturated heterocycles. The fourth-order valence-corrected chi connectivity index (χ4v) is 5.40. The fraction of sp³-hybridized carbons (Fsp3) is 0.500. The van der Waals surface area contributed by atoms with E-state index in [2.05, 4.69) is 24.0 Å². The lowest BCUT2D eigenvalue weighted by atomic mass is 9.71. The van der Waals surface area contributed by atoms with Crippen molar-refractivity contribution in [3.8, 4) is 5.75 Å². The summed E-state index contributed by atoms with van der Waals surface area (Å²) < 4.78 is 6.26. The van der Waals surface area contributed by atoms with E-state index in [1.165, 1.54) is 11.1 Å². The minimum absolute atomic E-state index is 0.134. The number of nitrogens with two attached hydrogens (primary N) is 1. The number of carbonyl (C=O) groups is 1. The molecule has 0 bridgehead atoms. The van der Waals surface area contributed by atoms with Crippen LogP contribution in [0.3, 0.4) is 0 Å². The molecule has 1 heterocycles. The molecule has 1 saturated carbocycles. The number of hydrogen-bond acceptors (Lipinski definition) is 5. The van der Waals surface area contributed by atoms with Crippen LogP contribution >= 0.6 is 11.6 Å². The highest BCUT2D eigenvalue weighted by atomic mass is 35.5. The maximum atomic E-state index is 11.9. The van der Waals surface area contributed by atoms with Gasteiger partial charge in [-0.05, 0) is 72.6 Å². The van der Waals surface area contributed by atoms with Gasteiger partial charge in [-0.25, -0.2) is 0 Å². The Morgan fingerprint density at radius 1 is 1.21 bits per heavy atom. The van der Waals surface area contributed by atoms with Gasteiger partial charge < -0.3 is 25.6 Å². The summed E-state index contributed by atoms with van der Waals surface area (Å²) in [6, 6.07) is 11.5. The molecule has 6 nitrogen and oxygen atoms in total. The molecule has 1 amide bonds. The lowest BCUT2D eigenvalue weighted by molar-refractivity contribution is -0.0719. The Kier molecular flexibility index (Phi) is 7.47. The number of carbonyl (C=O) groups excluding carboxylic acids is 1. The van der Waals surface area contributed by atoms with E-state index in [4.69, 9.17) is 22.1 Å². The first kappa shape index (κ1) is 23.9. The van der Waals surface area contributed by atoms with Gasteiger partial charge in [0.15, 0.2) is 6.29 Å². The van der Waals surface area contributed by atoms with Gasteiger partial charge in [0.1, 0.15) is 5.75 Å². The lowest BCUT2D eigenvalue weighted by Crippen LogP contribution is -2.41. The van der Waals surface area contributed by atoms with Gasteiger partial charge in [0.2, 0.25) is 5.91 Å². The second-order valence-corrected chi connectivity index (χ2v) is 9.80. The average Bonchev–Trinajstić information content (AvgIpc) is 2.94. The highest BCUT2D eigenvalue weighted by Crippen LogP contribution is 2.42. The maximum absolute atomic E-state index is 11.9. The van der Waals surface area contributed by atoms with E-state index in [1.54, 1.807) is 6.07 Å². The Labute approximate surface area is 200 Å². The number of aryl methyl sites for hydroxylation is 1. The molecule has 2 aliphatic rings. The van der Waals surface area contributed by atoms with Gasteiger partial charge in [-0.1, -0.05) is 31.0 Å². The zero-order valence-corrected chi connectivity index (χ0v) is 19.8. The second kappa shape index (κ2) is 10.3. The molecule has 3 atom stereocenters. The lowest BCUT2D eigenvalue weighted by Gasteiger charge is -2.41. The maximum Gasteiger partial charge on any atom is 0.248 e. The minimum Gasteiger partial charge on any atom is -0.491 e. The Hall–Kier alpha value is -2.28. The van der Waals surface area contributed by atoms with E-state index in [0.717, 1.165) is 55.2 Å². The Balaban J connectivity index is 1.66. The molecule has 0 radical (unpaired) electrons. The summed E-state index contributed by atoms with van der Waals surface area (Å²) in [5.74, 6) is 1.05. The highest BCUT2D eigenvalue weighted by molar-refractivity contribution is 6.30. The minimum atomic E-state index is -1.28. The van der Waals surface area contributed by atoms with Crippen molar-refractivity contribution in [2.45, 2.75) is 51.2 Å². The van der Waals surface area contributed by atoms with Crippen LogP contribution in [-0.2, 0) is 6.42 Å². The molecule has 0 aromatic heterocycles. The van der Waals surface area contributed by atoms with Crippen LogP contribution in [0.1, 0.15) is 60.0 Å². The van der Waals surface area contributed by atoms with Gasteiger partial charge in [0.25, 0.3) is 0 Å². The smallest absolute Gasteiger partial charge is 0.248 e. The van der Waals surface area contributed by atoms with Crippen molar-refractivity contribution in [1.29, 1.82) is 0 Å². The van der Waals surface area contributed by atoms with Crippen LogP contribution in [0.25, 0.3) is 0 Å². The quantitative estimate of drug-likeness (QED) is 0.502. The Morgan fingerprint density at radius 2 is 2.00 bits per heavy atom. The van der Waals surface area contributed by atoms with E-state index < -0.39 is 12.2 Å². The fourth-order valence-electron chi connectivity index (χ4n) is 5.21. The number of anilines is 1. The number of benzene rings is 2.